The summed E-state index contributed by atoms with van der Waals surface area (Å²) in [6.45, 7) is 2.87. The molecule has 76 valence electrons. The van der Waals surface area contributed by atoms with Crippen molar-refractivity contribution in [2.75, 3.05) is 6.61 Å². The van der Waals surface area contributed by atoms with E-state index in [1.54, 1.807) is 4.73 Å². The summed E-state index contributed by atoms with van der Waals surface area (Å²) in [5, 5.41) is 0. The molecule has 2 aromatic rings. The minimum atomic E-state index is 0.786. The summed E-state index contributed by atoms with van der Waals surface area (Å²) in [6, 6.07) is 7.77. The van der Waals surface area contributed by atoms with Crippen LogP contribution in [0.4, 0.5) is 0 Å². The fourth-order valence-corrected chi connectivity index (χ4v) is 0.879. The van der Waals surface area contributed by atoms with Gasteiger partial charge in [0.1, 0.15) is 6.61 Å². The van der Waals surface area contributed by atoms with Gasteiger partial charge in [0.15, 0.2) is 0 Å². The van der Waals surface area contributed by atoms with Crippen molar-refractivity contribution in [3.05, 3.63) is 49.1 Å². The van der Waals surface area contributed by atoms with Gasteiger partial charge >= 0.3 is 0 Å². The zero-order valence-corrected chi connectivity index (χ0v) is 8.39. The standard InChI is InChI=1S/C7H11NO.C4H5N/c1-2-7-9-8-5-3-4-6-8;1-2-4-5-3-1/h3-6H,2,7H2,1H3;1-5H. The molecule has 0 aliphatic carbocycles. The van der Waals surface area contributed by atoms with E-state index in [1.165, 1.54) is 0 Å². The lowest BCUT2D eigenvalue weighted by Gasteiger charge is -2.02. The van der Waals surface area contributed by atoms with Crippen molar-refractivity contribution >= 4 is 0 Å². The SMILES string of the molecule is CCCOn1cccc1.c1cc[nH]c1. The predicted molar refractivity (Wildman–Crippen MR) is 57.0 cm³/mol. The molecular weight excluding hydrogens is 176 g/mol. The van der Waals surface area contributed by atoms with Gasteiger partial charge in [-0.3, -0.25) is 0 Å². The molecule has 2 rings (SSSR count). The molecule has 0 unspecified atom stereocenters. The van der Waals surface area contributed by atoms with E-state index in [4.69, 9.17) is 4.84 Å². The molecule has 3 nitrogen and oxygen atoms in total. The summed E-state index contributed by atoms with van der Waals surface area (Å²) >= 11 is 0. The number of nitrogens with zero attached hydrogens (tertiary/aromatic N) is 1. The van der Waals surface area contributed by atoms with Gasteiger partial charge < -0.3 is 9.82 Å². The Morgan fingerprint density at radius 2 is 1.71 bits per heavy atom. The highest BCUT2D eigenvalue weighted by atomic mass is 16.7. The quantitative estimate of drug-likeness (QED) is 0.794. The molecule has 1 N–H and O–H groups in total. The second-order valence-electron chi connectivity index (χ2n) is 2.76. The van der Waals surface area contributed by atoms with E-state index in [9.17, 15) is 0 Å². The molecule has 0 radical (unpaired) electrons. The highest BCUT2D eigenvalue weighted by Gasteiger charge is 1.83. The van der Waals surface area contributed by atoms with Gasteiger partial charge in [-0.1, -0.05) is 6.92 Å². The van der Waals surface area contributed by atoms with Crippen molar-refractivity contribution in [2.24, 2.45) is 0 Å². The minimum absolute atomic E-state index is 0.786. The molecule has 0 aliphatic heterocycles. The summed E-state index contributed by atoms with van der Waals surface area (Å²) in [5.74, 6) is 0. The second kappa shape index (κ2) is 6.83. The van der Waals surface area contributed by atoms with Gasteiger partial charge in [0, 0.05) is 24.8 Å². The van der Waals surface area contributed by atoms with E-state index in [0.29, 0.717) is 0 Å². The number of hydrogen-bond donors (Lipinski definition) is 1. The lowest BCUT2D eigenvalue weighted by atomic mass is 10.5. The van der Waals surface area contributed by atoms with E-state index in [2.05, 4.69) is 11.9 Å². The van der Waals surface area contributed by atoms with Crippen molar-refractivity contribution in [3.8, 4) is 0 Å². The first-order chi connectivity index (χ1) is 6.93. The van der Waals surface area contributed by atoms with Gasteiger partial charge in [-0.15, -0.1) is 0 Å². The van der Waals surface area contributed by atoms with Crippen LogP contribution in [0.3, 0.4) is 0 Å². The maximum atomic E-state index is 5.21. The Morgan fingerprint density at radius 3 is 2.14 bits per heavy atom. The first-order valence-corrected chi connectivity index (χ1v) is 4.77. The molecule has 0 amide bonds. The highest BCUT2D eigenvalue weighted by Crippen LogP contribution is 1.85. The first kappa shape index (κ1) is 10.4. The topological polar surface area (TPSA) is 29.9 Å². The van der Waals surface area contributed by atoms with Crippen LogP contribution in [0.25, 0.3) is 0 Å². The van der Waals surface area contributed by atoms with Crippen LogP contribution < -0.4 is 4.84 Å². The normalized spacial score (nSPS) is 8.93. The van der Waals surface area contributed by atoms with E-state index in [0.717, 1.165) is 13.0 Å². The maximum Gasteiger partial charge on any atom is 0.114 e. The first-order valence-electron chi connectivity index (χ1n) is 4.77. The maximum absolute atomic E-state index is 5.21. The minimum Gasteiger partial charge on any atom is -0.414 e. The molecule has 0 bridgehead atoms. The van der Waals surface area contributed by atoms with Crippen molar-refractivity contribution in [2.45, 2.75) is 13.3 Å². The second-order valence-corrected chi connectivity index (χ2v) is 2.76. The summed E-state index contributed by atoms with van der Waals surface area (Å²) < 4.78 is 1.71. The number of H-pyrrole nitrogens is 1. The van der Waals surface area contributed by atoms with Gasteiger partial charge in [-0.05, 0) is 30.7 Å². The van der Waals surface area contributed by atoms with Gasteiger partial charge in [0.05, 0.1) is 0 Å². The predicted octanol–water partition coefficient (Wildman–Crippen LogP) is 2.34. The largest absolute Gasteiger partial charge is 0.414 e. The monoisotopic (exact) mass is 192 g/mol. The molecule has 2 aromatic heterocycles. The summed E-state index contributed by atoms with van der Waals surface area (Å²) in [5.41, 5.74) is 0. The molecule has 14 heavy (non-hydrogen) atoms. The number of rotatable bonds is 3. The van der Waals surface area contributed by atoms with Crippen LogP contribution in [0, 0.1) is 0 Å². The molecule has 3 heteroatoms. The number of hydrogen-bond acceptors (Lipinski definition) is 1. The lowest BCUT2D eigenvalue weighted by Crippen LogP contribution is -2.08. The third-order valence-electron chi connectivity index (χ3n) is 1.52. The zero-order valence-electron chi connectivity index (χ0n) is 8.39. The summed E-state index contributed by atoms with van der Waals surface area (Å²) in [6.07, 6.45) is 8.57. The number of aromatic amines is 1. The van der Waals surface area contributed by atoms with Gasteiger partial charge in [-0.2, -0.15) is 4.73 Å². The van der Waals surface area contributed by atoms with Crippen molar-refractivity contribution in [1.82, 2.24) is 9.71 Å². The van der Waals surface area contributed by atoms with E-state index in [1.807, 2.05) is 49.1 Å². The number of aromatic nitrogens is 2. The van der Waals surface area contributed by atoms with Crippen LogP contribution in [0.1, 0.15) is 13.3 Å². The summed E-state index contributed by atoms with van der Waals surface area (Å²) in [4.78, 5) is 8.07. The van der Waals surface area contributed by atoms with Crippen molar-refractivity contribution in [3.63, 3.8) is 0 Å². The third-order valence-corrected chi connectivity index (χ3v) is 1.52. The van der Waals surface area contributed by atoms with Crippen LogP contribution >= 0.6 is 0 Å². The highest BCUT2D eigenvalue weighted by molar-refractivity contribution is 4.87. The molecule has 0 atom stereocenters. The Kier molecular flexibility index (Phi) is 5.09. The Balaban J connectivity index is 0.000000165. The summed E-state index contributed by atoms with van der Waals surface area (Å²) in [7, 11) is 0. The number of nitrogens with one attached hydrogen (secondary N) is 1. The Labute approximate surface area is 84.3 Å². The molecule has 0 aromatic carbocycles. The van der Waals surface area contributed by atoms with E-state index >= 15 is 0 Å². The van der Waals surface area contributed by atoms with Crippen LogP contribution in [0.15, 0.2) is 49.1 Å². The van der Waals surface area contributed by atoms with Crippen molar-refractivity contribution in [1.29, 1.82) is 0 Å². The average molecular weight is 192 g/mol. The van der Waals surface area contributed by atoms with Crippen LogP contribution in [0.2, 0.25) is 0 Å². The molecule has 0 saturated carbocycles. The van der Waals surface area contributed by atoms with Gasteiger partial charge in [-0.25, -0.2) is 0 Å². The Morgan fingerprint density at radius 1 is 1.07 bits per heavy atom. The fourth-order valence-electron chi connectivity index (χ4n) is 0.879. The zero-order chi connectivity index (χ0) is 10.1. The van der Waals surface area contributed by atoms with E-state index < -0.39 is 0 Å². The third kappa shape index (κ3) is 4.40. The Hall–Kier alpha value is -1.64. The molecule has 2 heterocycles. The smallest absolute Gasteiger partial charge is 0.114 e. The molecule has 0 saturated heterocycles. The molecular formula is C11H16N2O. The van der Waals surface area contributed by atoms with Crippen LogP contribution in [-0.4, -0.2) is 16.3 Å². The lowest BCUT2D eigenvalue weighted by molar-refractivity contribution is 0.111. The molecule has 0 fully saturated rings. The van der Waals surface area contributed by atoms with E-state index in [-0.39, 0.29) is 0 Å². The van der Waals surface area contributed by atoms with Crippen molar-refractivity contribution < 1.29 is 4.84 Å². The Bertz CT molecular complexity index is 270. The molecule has 0 spiro atoms. The fraction of sp³-hybridized carbons (Fsp3) is 0.273. The van der Waals surface area contributed by atoms with Crippen LogP contribution in [-0.2, 0) is 0 Å². The average Bonchev–Trinajstić information content (AvgIpc) is 2.90. The van der Waals surface area contributed by atoms with Gasteiger partial charge in [0.2, 0.25) is 0 Å². The van der Waals surface area contributed by atoms with Gasteiger partial charge in [0.25, 0.3) is 0 Å². The van der Waals surface area contributed by atoms with Crippen LogP contribution in [0.5, 0.6) is 0 Å². The molecule has 0 aliphatic rings.